The molecular formula is C24H31N5O2. The van der Waals surface area contributed by atoms with Crippen LogP contribution in [-0.2, 0) is 18.4 Å². The summed E-state index contributed by atoms with van der Waals surface area (Å²) in [5, 5.41) is 14.7. The number of amides is 1. The number of benzene rings is 1. The SMILES string of the molecule is CO.Cn1nccc1-c1ccc2c(c1)N(C(=O)C1CCCCC1)Cc1cccnc1N2.[HH]. The zero-order chi connectivity index (χ0) is 21.8. The van der Waals surface area contributed by atoms with Gasteiger partial charge in [-0.2, -0.15) is 5.10 Å². The smallest absolute Gasteiger partial charge is 0.230 e. The minimum absolute atomic E-state index is 0. The van der Waals surface area contributed by atoms with Crippen molar-refractivity contribution in [2.75, 3.05) is 17.3 Å². The van der Waals surface area contributed by atoms with Crippen LogP contribution >= 0.6 is 0 Å². The average Bonchev–Trinajstić information content (AvgIpc) is 3.18. The number of nitrogens with zero attached hydrogens (tertiary/aromatic N) is 4. The normalized spacial score (nSPS) is 15.6. The number of anilines is 3. The molecule has 1 saturated carbocycles. The van der Waals surface area contributed by atoms with Crippen molar-refractivity contribution in [2.24, 2.45) is 13.0 Å². The molecule has 1 amide bonds. The van der Waals surface area contributed by atoms with Gasteiger partial charge in [-0.3, -0.25) is 9.48 Å². The zero-order valence-corrected chi connectivity index (χ0v) is 18.1. The number of aromatic nitrogens is 3. The lowest BCUT2D eigenvalue weighted by Gasteiger charge is -2.29. The van der Waals surface area contributed by atoms with Crippen LogP contribution < -0.4 is 10.2 Å². The molecule has 0 bridgehead atoms. The lowest BCUT2D eigenvalue weighted by molar-refractivity contribution is -0.123. The highest BCUT2D eigenvalue weighted by Crippen LogP contribution is 2.39. The van der Waals surface area contributed by atoms with Gasteiger partial charge in [-0.05, 0) is 37.1 Å². The Kier molecular flexibility index (Phi) is 6.32. The summed E-state index contributed by atoms with van der Waals surface area (Å²) >= 11 is 0. The number of hydrogen-bond acceptors (Lipinski definition) is 5. The molecule has 0 saturated heterocycles. The summed E-state index contributed by atoms with van der Waals surface area (Å²) < 4.78 is 1.86. The monoisotopic (exact) mass is 421 g/mol. The number of carbonyl (C=O) groups excluding carboxylic acids is 1. The molecule has 2 aromatic heterocycles. The van der Waals surface area contributed by atoms with Crippen molar-refractivity contribution in [2.45, 2.75) is 38.6 Å². The highest BCUT2D eigenvalue weighted by atomic mass is 16.2. The van der Waals surface area contributed by atoms with Crippen molar-refractivity contribution < 1.29 is 11.3 Å². The molecule has 0 spiro atoms. The van der Waals surface area contributed by atoms with Gasteiger partial charge in [0.1, 0.15) is 5.82 Å². The van der Waals surface area contributed by atoms with E-state index in [1.165, 1.54) is 6.42 Å². The maximum atomic E-state index is 13.6. The van der Waals surface area contributed by atoms with Gasteiger partial charge in [0, 0.05) is 45.0 Å². The van der Waals surface area contributed by atoms with Crippen LogP contribution in [0.4, 0.5) is 17.2 Å². The van der Waals surface area contributed by atoms with Gasteiger partial charge in [0.05, 0.1) is 23.6 Å². The lowest BCUT2D eigenvalue weighted by Crippen LogP contribution is -2.36. The first kappa shape index (κ1) is 21.1. The molecular weight excluding hydrogens is 390 g/mol. The number of aryl methyl sites for hydroxylation is 1. The van der Waals surface area contributed by atoms with Crippen LogP contribution in [0.1, 0.15) is 39.1 Å². The van der Waals surface area contributed by atoms with Gasteiger partial charge in [-0.15, -0.1) is 0 Å². The van der Waals surface area contributed by atoms with Crippen molar-refractivity contribution in [3.05, 3.63) is 54.4 Å². The summed E-state index contributed by atoms with van der Waals surface area (Å²) in [5.74, 6) is 1.16. The predicted molar refractivity (Wildman–Crippen MR) is 124 cm³/mol. The summed E-state index contributed by atoms with van der Waals surface area (Å²) in [4.78, 5) is 20.1. The van der Waals surface area contributed by atoms with Crippen molar-refractivity contribution in [3.63, 3.8) is 0 Å². The van der Waals surface area contributed by atoms with Gasteiger partial charge in [-0.1, -0.05) is 31.4 Å². The first-order chi connectivity index (χ1) is 15.2. The van der Waals surface area contributed by atoms with E-state index in [9.17, 15) is 4.79 Å². The molecule has 1 aromatic carbocycles. The van der Waals surface area contributed by atoms with Crippen LogP contribution in [0.3, 0.4) is 0 Å². The maximum Gasteiger partial charge on any atom is 0.230 e. The number of nitrogens with one attached hydrogen (secondary N) is 1. The van der Waals surface area contributed by atoms with Crippen molar-refractivity contribution in [1.82, 2.24) is 14.8 Å². The highest BCUT2D eigenvalue weighted by molar-refractivity contribution is 6.00. The molecule has 3 heterocycles. The number of aliphatic hydroxyl groups excluding tert-OH is 1. The van der Waals surface area contributed by atoms with Crippen LogP contribution in [0, 0.1) is 5.92 Å². The highest BCUT2D eigenvalue weighted by Gasteiger charge is 2.31. The van der Waals surface area contributed by atoms with Gasteiger partial charge >= 0.3 is 0 Å². The summed E-state index contributed by atoms with van der Waals surface area (Å²) in [6, 6.07) is 12.2. The van der Waals surface area contributed by atoms with E-state index in [2.05, 4.69) is 27.5 Å². The second-order valence-electron chi connectivity index (χ2n) is 7.97. The Balaban J connectivity index is 0.000000938. The van der Waals surface area contributed by atoms with Gasteiger partial charge in [0.2, 0.25) is 5.91 Å². The lowest BCUT2D eigenvalue weighted by atomic mass is 9.88. The number of pyridine rings is 1. The Hall–Kier alpha value is -3.19. The third kappa shape index (κ3) is 4.18. The van der Waals surface area contributed by atoms with Crippen molar-refractivity contribution >= 4 is 23.1 Å². The fraction of sp³-hybridized carbons (Fsp3) is 0.375. The Morgan fingerprint density at radius 2 is 1.94 bits per heavy atom. The van der Waals surface area contributed by atoms with Crippen LogP contribution in [0.15, 0.2) is 48.8 Å². The second kappa shape index (κ2) is 9.31. The molecule has 164 valence electrons. The Morgan fingerprint density at radius 3 is 2.68 bits per heavy atom. The van der Waals surface area contributed by atoms with Gasteiger partial charge in [-0.25, -0.2) is 4.98 Å². The number of hydrogen-bond donors (Lipinski definition) is 2. The van der Waals surface area contributed by atoms with Crippen molar-refractivity contribution in [1.29, 1.82) is 0 Å². The Bertz CT molecular complexity index is 1060. The van der Waals surface area contributed by atoms with E-state index in [0.29, 0.717) is 6.54 Å². The Morgan fingerprint density at radius 1 is 1.13 bits per heavy atom. The summed E-state index contributed by atoms with van der Waals surface area (Å²) in [5.41, 5.74) is 4.94. The first-order valence-corrected chi connectivity index (χ1v) is 10.8. The fourth-order valence-electron chi connectivity index (χ4n) is 4.51. The molecule has 7 nitrogen and oxygen atoms in total. The molecule has 1 aliphatic carbocycles. The minimum Gasteiger partial charge on any atom is -0.400 e. The average molecular weight is 422 g/mol. The third-order valence-corrected chi connectivity index (χ3v) is 6.10. The van der Waals surface area contributed by atoms with Crippen LogP contribution in [0.5, 0.6) is 0 Å². The third-order valence-electron chi connectivity index (χ3n) is 6.10. The van der Waals surface area contributed by atoms with Crippen LogP contribution in [0.25, 0.3) is 11.3 Å². The number of fused-ring (bicyclic) bond motifs is 2. The van der Waals surface area contributed by atoms with E-state index in [1.807, 2.05) is 40.9 Å². The number of rotatable bonds is 2. The van der Waals surface area contributed by atoms with Gasteiger partial charge < -0.3 is 15.3 Å². The van der Waals surface area contributed by atoms with E-state index in [0.717, 1.165) is 66.8 Å². The molecule has 0 atom stereocenters. The second-order valence-corrected chi connectivity index (χ2v) is 7.97. The molecule has 5 rings (SSSR count). The molecule has 0 radical (unpaired) electrons. The minimum atomic E-state index is 0. The van der Waals surface area contributed by atoms with Crippen LogP contribution in [0.2, 0.25) is 0 Å². The molecule has 31 heavy (non-hydrogen) atoms. The quantitative estimate of drug-likeness (QED) is 0.636. The van der Waals surface area contributed by atoms with E-state index in [-0.39, 0.29) is 13.3 Å². The van der Waals surface area contributed by atoms with Crippen LogP contribution in [-0.4, -0.2) is 32.9 Å². The van der Waals surface area contributed by atoms with E-state index in [4.69, 9.17) is 5.11 Å². The first-order valence-electron chi connectivity index (χ1n) is 10.8. The molecule has 1 fully saturated rings. The largest absolute Gasteiger partial charge is 0.400 e. The molecule has 1 aliphatic heterocycles. The zero-order valence-electron chi connectivity index (χ0n) is 18.1. The number of aliphatic hydroxyl groups is 1. The molecule has 2 N–H and O–H groups in total. The maximum absolute atomic E-state index is 13.6. The summed E-state index contributed by atoms with van der Waals surface area (Å²) in [6.45, 7) is 0.535. The number of carbonyl (C=O) groups is 1. The molecule has 3 aromatic rings. The fourth-order valence-corrected chi connectivity index (χ4v) is 4.51. The molecule has 2 aliphatic rings. The molecule has 0 unspecified atom stereocenters. The van der Waals surface area contributed by atoms with E-state index < -0.39 is 0 Å². The Labute approximate surface area is 184 Å². The van der Waals surface area contributed by atoms with E-state index in [1.54, 1.807) is 12.4 Å². The van der Waals surface area contributed by atoms with Gasteiger partial charge in [0.15, 0.2) is 0 Å². The molecule has 7 heteroatoms. The van der Waals surface area contributed by atoms with Crippen molar-refractivity contribution in [3.8, 4) is 11.3 Å². The summed E-state index contributed by atoms with van der Waals surface area (Å²) in [7, 11) is 2.93. The topological polar surface area (TPSA) is 83.3 Å². The van der Waals surface area contributed by atoms with Gasteiger partial charge in [0.25, 0.3) is 0 Å². The summed E-state index contributed by atoms with van der Waals surface area (Å²) in [6.07, 6.45) is 9.07. The van der Waals surface area contributed by atoms with E-state index >= 15 is 0 Å². The standard InChI is InChI=1S/C23H25N5O.CH4O.H2/c1-27-20(11-13-25-27)17-9-10-19-21(14-17)28(23(29)16-6-3-2-4-7-16)15-18-8-5-12-24-22(18)26-19;1-2;/h5,8-14,16H,2-4,6-7,15H2,1H3,(H,24,26);2H,1H3;1H. The predicted octanol–water partition coefficient (Wildman–Crippen LogP) is 4.51.